The second-order valence-electron chi connectivity index (χ2n) is 4.67. The first-order valence-corrected chi connectivity index (χ1v) is 7.09. The van der Waals surface area contributed by atoms with Crippen molar-refractivity contribution in [2.75, 3.05) is 14.2 Å². The van der Waals surface area contributed by atoms with E-state index in [0.29, 0.717) is 0 Å². The van der Waals surface area contributed by atoms with Crippen LogP contribution in [-0.2, 0) is 9.47 Å². The Morgan fingerprint density at radius 2 is 1.37 bits per heavy atom. The lowest BCUT2D eigenvalue weighted by Gasteiger charge is -2.06. The van der Waals surface area contributed by atoms with Crippen molar-refractivity contribution in [1.82, 2.24) is 0 Å². The Labute approximate surface area is 150 Å². The number of hydrogen-bond donors (Lipinski definition) is 1. The summed E-state index contributed by atoms with van der Waals surface area (Å²) in [6.45, 7) is -3.11. The van der Waals surface area contributed by atoms with Crippen LogP contribution >= 0.6 is 0 Å². The van der Waals surface area contributed by atoms with Gasteiger partial charge in [-0.1, -0.05) is 0 Å². The van der Waals surface area contributed by atoms with E-state index in [-0.39, 0.29) is 11.1 Å². The number of halogens is 4. The van der Waals surface area contributed by atoms with Crippen LogP contribution < -0.4 is 4.74 Å². The Balaban J connectivity index is 0.000000277. The van der Waals surface area contributed by atoms with Gasteiger partial charge in [-0.25, -0.2) is 18.4 Å². The number of carbonyl (C=O) groups is 2. The highest BCUT2D eigenvalue weighted by molar-refractivity contribution is 5.89. The molecule has 0 fully saturated rings. The molecule has 0 aliphatic carbocycles. The topological polar surface area (TPSA) is 82.1 Å². The molecular formula is C17H14F4O6. The van der Waals surface area contributed by atoms with Crippen LogP contribution in [0.25, 0.3) is 0 Å². The summed E-state index contributed by atoms with van der Waals surface area (Å²) in [5, 5.41) is 8.77. The predicted octanol–water partition coefficient (Wildman–Crippen LogP) is 3.53. The SMILES string of the molecule is COC(=O)c1ccc(O)c(F)c1.COC(=O)c1ccc(OC(F)F)c(F)c1. The molecule has 0 bridgehead atoms. The Hall–Kier alpha value is -3.30. The van der Waals surface area contributed by atoms with Crippen LogP contribution in [0.1, 0.15) is 20.7 Å². The van der Waals surface area contributed by atoms with Crippen LogP contribution in [0.4, 0.5) is 17.6 Å². The molecule has 27 heavy (non-hydrogen) atoms. The summed E-state index contributed by atoms with van der Waals surface area (Å²) < 4.78 is 61.7. The molecule has 2 aromatic carbocycles. The number of carbonyl (C=O) groups excluding carboxylic acids is 2. The van der Waals surface area contributed by atoms with Gasteiger partial charge in [0.2, 0.25) is 0 Å². The maximum atomic E-state index is 13.0. The highest BCUT2D eigenvalue weighted by Crippen LogP contribution is 2.20. The molecule has 2 rings (SSSR count). The zero-order valence-corrected chi connectivity index (χ0v) is 14.0. The molecule has 0 saturated heterocycles. The van der Waals surface area contributed by atoms with E-state index < -0.39 is 41.7 Å². The molecule has 10 heteroatoms. The Morgan fingerprint density at radius 3 is 1.78 bits per heavy atom. The minimum atomic E-state index is -3.11. The second-order valence-corrected chi connectivity index (χ2v) is 4.67. The molecule has 2 aromatic rings. The first-order valence-electron chi connectivity index (χ1n) is 7.09. The van der Waals surface area contributed by atoms with E-state index in [1.165, 1.54) is 13.2 Å². The predicted molar refractivity (Wildman–Crippen MR) is 83.8 cm³/mol. The highest BCUT2D eigenvalue weighted by Gasteiger charge is 2.13. The van der Waals surface area contributed by atoms with Crippen LogP contribution in [0, 0.1) is 11.6 Å². The molecular weight excluding hydrogens is 376 g/mol. The number of phenolic OH excluding ortho intramolecular Hbond substituents is 1. The number of rotatable bonds is 4. The largest absolute Gasteiger partial charge is 0.505 e. The maximum absolute atomic E-state index is 13.0. The summed E-state index contributed by atoms with van der Waals surface area (Å²) in [7, 11) is 2.33. The molecule has 0 aromatic heterocycles. The molecule has 0 heterocycles. The fraction of sp³-hybridized carbons (Fsp3) is 0.176. The van der Waals surface area contributed by atoms with E-state index in [1.54, 1.807) is 0 Å². The summed E-state index contributed by atoms with van der Waals surface area (Å²) in [6, 6.07) is 6.14. The van der Waals surface area contributed by atoms with Gasteiger partial charge in [-0.3, -0.25) is 0 Å². The molecule has 0 saturated carbocycles. The molecule has 6 nitrogen and oxygen atoms in total. The molecule has 0 unspecified atom stereocenters. The Kier molecular flexibility index (Phi) is 8.05. The number of ether oxygens (including phenoxy) is 3. The van der Waals surface area contributed by atoms with E-state index in [4.69, 9.17) is 5.11 Å². The van der Waals surface area contributed by atoms with Gasteiger partial charge >= 0.3 is 18.6 Å². The number of methoxy groups -OCH3 is 2. The van der Waals surface area contributed by atoms with Crippen LogP contribution in [0.15, 0.2) is 36.4 Å². The molecule has 0 spiro atoms. The number of aromatic hydroxyl groups is 1. The van der Waals surface area contributed by atoms with Gasteiger partial charge in [-0.15, -0.1) is 0 Å². The third kappa shape index (κ3) is 6.49. The van der Waals surface area contributed by atoms with Crippen LogP contribution in [0.2, 0.25) is 0 Å². The normalized spacial score (nSPS) is 9.89. The standard InChI is InChI=1S/C9H7F3O3.C8H7FO3/c1-14-8(13)5-2-3-7(6(10)4-5)15-9(11)12;1-12-8(11)5-2-3-7(10)6(9)4-5/h2-4,9H,1H3;2-4,10H,1H3. The second kappa shape index (κ2) is 10.00. The van der Waals surface area contributed by atoms with Crippen molar-refractivity contribution in [1.29, 1.82) is 0 Å². The van der Waals surface area contributed by atoms with E-state index in [2.05, 4.69) is 14.2 Å². The minimum Gasteiger partial charge on any atom is -0.505 e. The molecule has 0 atom stereocenters. The highest BCUT2D eigenvalue weighted by atomic mass is 19.3. The van der Waals surface area contributed by atoms with Crippen molar-refractivity contribution in [3.8, 4) is 11.5 Å². The van der Waals surface area contributed by atoms with Gasteiger partial charge in [-0.2, -0.15) is 8.78 Å². The number of benzene rings is 2. The van der Waals surface area contributed by atoms with Gasteiger partial charge in [0.15, 0.2) is 23.1 Å². The monoisotopic (exact) mass is 390 g/mol. The van der Waals surface area contributed by atoms with E-state index >= 15 is 0 Å². The van der Waals surface area contributed by atoms with Gasteiger partial charge in [0.25, 0.3) is 0 Å². The average Bonchev–Trinajstić information content (AvgIpc) is 2.64. The Bertz CT molecular complexity index is 810. The fourth-order valence-electron chi connectivity index (χ4n) is 1.69. The summed E-state index contributed by atoms with van der Waals surface area (Å²) in [4.78, 5) is 21.7. The molecule has 0 amide bonds. The molecule has 0 radical (unpaired) electrons. The number of hydrogen-bond acceptors (Lipinski definition) is 6. The lowest BCUT2D eigenvalue weighted by atomic mass is 10.2. The number of esters is 2. The third-order valence-corrected chi connectivity index (χ3v) is 2.94. The summed E-state index contributed by atoms with van der Waals surface area (Å²) >= 11 is 0. The quantitative estimate of drug-likeness (QED) is 0.635. The summed E-state index contributed by atoms with van der Waals surface area (Å²) in [6.07, 6.45) is 0. The number of phenols is 1. The van der Waals surface area contributed by atoms with E-state index in [9.17, 15) is 27.2 Å². The summed E-state index contributed by atoms with van der Waals surface area (Å²) in [5.41, 5.74) is 0.00409. The van der Waals surface area contributed by atoms with E-state index in [1.807, 2.05) is 0 Å². The maximum Gasteiger partial charge on any atom is 0.387 e. The molecule has 0 aliphatic rings. The van der Waals surface area contributed by atoms with E-state index in [0.717, 1.165) is 37.4 Å². The first kappa shape index (κ1) is 21.7. The number of alkyl halides is 2. The zero-order chi connectivity index (χ0) is 20.6. The van der Waals surface area contributed by atoms with Gasteiger partial charge in [0.1, 0.15) is 0 Å². The minimum absolute atomic E-state index is 0.0726. The van der Waals surface area contributed by atoms with Crippen LogP contribution in [-0.4, -0.2) is 37.9 Å². The first-order chi connectivity index (χ1) is 12.7. The van der Waals surface area contributed by atoms with Crippen molar-refractivity contribution in [2.45, 2.75) is 6.61 Å². The van der Waals surface area contributed by atoms with Crippen molar-refractivity contribution in [3.05, 3.63) is 59.2 Å². The summed E-state index contributed by atoms with van der Waals surface area (Å²) in [5.74, 6) is -4.36. The van der Waals surface area contributed by atoms with Crippen LogP contribution in [0.5, 0.6) is 11.5 Å². The molecule has 146 valence electrons. The van der Waals surface area contributed by atoms with Crippen molar-refractivity contribution in [3.63, 3.8) is 0 Å². The lowest BCUT2D eigenvalue weighted by molar-refractivity contribution is -0.0522. The fourth-order valence-corrected chi connectivity index (χ4v) is 1.69. The smallest absolute Gasteiger partial charge is 0.387 e. The average molecular weight is 390 g/mol. The molecule has 0 aliphatic heterocycles. The van der Waals surface area contributed by atoms with Gasteiger partial charge in [0.05, 0.1) is 25.3 Å². The Morgan fingerprint density at radius 1 is 0.889 bits per heavy atom. The van der Waals surface area contributed by atoms with Crippen LogP contribution in [0.3, 0.4) is 0 Å². The van der Waals surface area contributed by atoms with Gasteiger partial charge < -0.3 is 19.3 Å². The third-order valence-electron chi connectivity index (χ3n) is 2.94. The van der Waals surface area contributed by atoms with Crippen molar-refractivity contribution >= 4 is 11.9 Å². The van der Waals surface area contributed by atoms with Crippen molar-refractivity contribution in [2.24, 2.45) is 0 Å². The van der Waals surface area contributed by atoms with Crippen molar-refractivity contribution < 1.29 is 46.5 Å². The van der Waals surface area contributed by atoms with Gasteiger partial charge in [0, 0.05) is 0 Å². The zero-order valence-electron chi connectivity index (χ0n) is 14.0. The lowest BCUT2D eigenvalue weighted by Crippen LogP contribution is -2.06. The van der Waals surface area contributed by atoms with Gasteiger partial charge in [-0.05, 0) is 36.4 Å². The molecule has 1 N–H and O–H groups in total.